The van der Waals surface area contributed by atoms with Gasteiger partial charge in [0.25, 0.3) is 11.1 Å². The summed E-state index contributed by atoms with van der Waals surface area (Å²) in [7, 11) is 0. The fourth-order valence-corrected chi connectivity index (χ4v) is 3.16. The van der Waals surface area contributed by atoms with Crippen molar-refractivity contribution in [3.05, 3.63) is 33.7 Å². The summed E-state index contributed by atoms with van der Waals surface area (Å²) in [5, 5.41) is 8.20. The lowest BCUT2D eigenvalue weighted by molar-refractivity contribution is -0.149. The number of hydrogen-bond donors (Lipinski definition) is 1. The molecule has 1 heterocycles. The Balaban J connectivity index is 2.11. The zero-order chi connectivity index (χ0) is 20.1. The number of carboxylic acid groups (broad SMARTS) is 1. The maximum Gasteiger partial charge on any atom is 0.341 e. The number of benzene rings is 1. The van der Waals surface area contributed by atoms with Gasteiger partial charge in [0.1, 0.15) is 12.3 Å². The number of hydrogen-bond acceptors (Lipinski definition) is 7. The highest BCUT2D eigenvalue weighted by Crippen LogP contribution is 2.33. The summed E-state index contributed by atoms with van der Waals surface area (Å²) in [4.78, 5) is 47.5. The summed E-state index contributed by atoms with van der Waals surface area (Å²) in [6.45, 7) is 2.34. The lowest BCUT2D eigenvalue weighted by Gasteiger charge is -2.13. The van der Waals surface area contributed by atoms with Gasteiger partial charge in [-0.05, 0) is 49.4 Å². The van der Waals surface area contributed by atoms with Crippen LogP contribution in [0.15, 0.2) is 23.1 Å². The van der Waals surface area contributed by atoms with Gasteiger partial charge in [0.05, 0.1) is 16.0 Å². The summed E-state index contributed by atoms with van der Waals surface area (Å²) < 4.78 is 9.96. The Labute approximate surface area is 164 Å². The predicted octanol–water partition coefficient (Wildman–Crippen LogP) is 2.79. The van der Waals surface area contributed by atoms with Gasteiger partial charge in [-0.3, -0.25) is 19.3 Å². The molecular formula is C17H16ClNO7S. The van der Waals surface area contributed by atoms with E-state index in [9.17, 15) is 19.2 Å². The molecule has 0 atom stereocenters. The van der Waals surface area contributed by atoms with Crippen molar-refractivity contribution < 1.29 is 33.8 Å². The van der Waals surface area contributed by atoms with Gasteiger partial charge in [-0.2, -0.15) is 0 Å². The molecule has 0 unspecified atom stereocenters. The summed E-state index contributed by atoms with van der Waals surface area (Å²) in [6.07, 6.45) is 1.10. The maximum absolute atomic E-state index is 12.4. The molecule has 8 nitrogen and oxygen atoms in total. The number of thioether (sulfide) groups is 1. The van der Waals surface area contributed by atoms with Crippen LogP contribution < -0.4 is 4.74 Å². The minimum absolute atomic E-state index is 0.132. The number of carboxylic acids is 1. The van der Waals surface area contributed by atoms with E-state index in [0.29, 0.717) is 17.3 Å². The topological polar surface area (TPSA) is 110 Å². The van der Waals surface area contributed by atoms with Gasteiger partial charge in [-0.15, -0.1) is 0 Å². The molecule has 1 fully saturated rings. The Kier molecular flexibility index (Phi) is 6.86. The molecule has 0 radical (unpaired) electrons. The molecule has 1 aliphatic heterocycles. The highest BCUT2D eigenvalue weighted by Gasteiger charge is 2.36. The molecule has 1 aliphatic rings. The molecule has 1 N–H and O–H groups in total. The van der Waals surface area contributed by atoms with Crippen molar-refractivity contribution in [2.75, 3.05) is 13.2 Å². The van der Waals surface area contributed by atoms with E-state index in [0.717, 1.165) is 4.90 Å². The molecule has 2 amide bonds. The Bertz CT molecular complexity index is 821. The molecule has 27 heavy (non-hydrogen) atoms. The van der Waals surface area contributed by atoms with E-state index in [-0.39, 0.29) is 21.8 Å². The molecule has 0 bridgehead atoms. The SMILES string of the molecule is CC(C)OC(=O)CN1C(=O)S/C(=C\c2ccc(OCC(=O)O)c(Cl)c2)C1=O. The van der Waals surface area contributed by atoms with E-state index >= 15 is 0 Å². The molecule has 10 heteroatoms. The van der Waals surface area contributed by atoms with Crippen molar-refractivity contribution in [2.45, 2.75) is 20.0 Å². The molecule has 1 aromatic carbocycles. The average Bonchev–Trinajstić information content (AvgIpc) is 2.80. The third kappa shape index (κ3) is 5.73. The molecule has 0 aliphatic carbocycles. The van der Waals surface area contributed by atoms with Crippen LogP contribution in [0.1, 0.15) is 19.4 Å². The van der Waals surface area contributed by atoms with Crippen LogP contribution in [-0.4, -0.2) is 52.3 Å². The van der Waals surface area contributed by atoms with E-state index in [1.807, 2.05) is 0 Å². The summed E-state index contributed by atoms with van der Waals surface area (Å²) >= 11 is 6.73. The lowest BCUT2D eigenvalue weighted by Crippen LogP contribution is -2.35. The summed E-state index contributed by atoms with van der Waals surface area (Å²) in [6, 6.07) is 4.49. The fraction of sp³-hybridized carbons (Fsp3) is 0.294. The van der Waals surface area contributed by atoms with Crippen LogP contribution in [0.5, 0.6) is 5.75 Å². The van der Waals surface area contributed by atoms with Gasteiger partial charge < -0.3 is 14.6 Å². The second-order valence-corrected chi connectivity index (χ2v) is 7.08. The number of rotatable bonds is 7. The van der Waals surface area contributed by atoms with Gasteiger partial charge in [0, 0.05) is 0 Å². The molecule has 0 aromatic heterocycles. The molecule has 2 rings (SSSR count). The number of ether oxygens (including phenoxy) is 2. The number of aliphatic carboxylic acids is 1. The zero-order valence-electron chi connectivity index (χ0n) is 14.4. The van der Waals surface area contributed by atoms with E-state index in [2.05, 4.69) is 0 Å². The third-order valence-electron chi connectivity index (χ3n) is 3.13. The van der Waals surface area contributed by atoms with Crippen LogP contribution in [0.2, 0.25) is 5.02 Å². The standard InChI is InChI=1S/C17H16ClNO7S/c1-9(2)26-15(22)7-19-16(23)13(27-17(19)24)6-10-3-4-12(11(18)5-10)25-8-14(20)21/h3-6,9H,7-8H2,1-2H3,(H,20,21)/b13-6-. The number of nitrogens with zero attached hydrogens (tertiary/aromatic N) is 1. The van der Waals surface area contributed by atoms with Crippen molar-refractivity contribution >= 4 is 52.5 Å². The van der Waals surface area contributed by atoms with Crippen LogP contribution in [0, 0.1) is 0 Å². The monoisotopic (exact) mass is 413 g/mol. The quantitative estimate of drug-likeness (QED) is 0.536. The smallest absolute Gasteiger partial charge is 0.341 e. The molecule has 1 saturated heterocycles. The van der Waals surface area contributed by atoms with E-state index in [1.54, 1.807) is 19.9 Å². The Morgan fingerprint density at radius 3 is 2.63 bits per heavy atom. The first-order valence-corrected chi connectivity index (χ1v) is 8.96. The number of imide groups is 1. The van der Waals surface area contributed by atoms with E-state index in [1.165, 1.54) is 18.2 Å². The number of esters is 1. The Hall–Kier alpha value is -2.52. The van der Waals surface area contributed by atoms with Crippen molar-refractivity contribution in [3.8, 4) is 5.75 Å². The number of amides is 2. The van der Waals surface area contributed by atoms with Gasteiger partial charge in [0.2, 0.25) is 0 Å². The highest BCUT2D eigenvalue weighted by atomic mass is 35.5. The second kappa shape index (κ2) is 8.92. The predicted molar refractivity (Wildman–Crippen MR) is 98.5 cm³/mol. The summed E-state index contributed by atoms with van der Waals surface area (Å²) in [5.41, 5.74) is 0.512. The first-order chi connectivity index (χ1) is 12.7. The maximum atomic E-state index is 12.4. The minimum atomic E-state index is -1.14. The van der Waals surface area contributed by atoms with Crippen molar-refractivity contribution in [3.63, 3.8) is 0 Å². The zero-order valence-corrected chi connectivity index (χ0v) is 16.0. The van der Waals surface area contributed by atoms with Crippen LogP contribution in [0.4, 0.5) is 4.79 Å². The second-order valence-electron chi connectivity index (χ2n) is 5.68. The lowest BCUT2D eigenvalue weighted by atomic mass is 10.2. The Morgan fingerprint density at radius 2 is 2.04 bits per heavy atom. The highest BCUT2D eigenvalue weighted by molar-refractivity contribution is 8.18. The van der Waals surface area contributed by atoms with Gasteiger partial charge >= 0.3 is 11.9 Å². The number of carbonyl (C=O) groups excluding carboxylic acids is 3. The van der Waals surface area contributed by atoms with Crippen molar-refractivity contribution in [2.24, 2.45) is 0 Å². The first-order valence-electron chi connectivity index (χ1n) is 7.76. The fourth-order valence-electron chi connectivity index (χ4n) is 2.08. The van der Waals surface area contributed by atoms with E-state index < -0.39 is 36.2 Å². The van der Waals surface area contributed by atoms with Crippen LogP contribution >= 0.6 is 23.4 Å². The molecule has 0 saturated carbocycles. The molecule has 0 spiro atoms. The van der Waals surface area contributed by atoms with Crippen molar-refractivity contribution in [1.29, 1.82) is 0 Å². The average molecular weight is 414 g/mol. The van der Waals surface area contributed by atoms with Crippen molar-refractivity contribution in [1.82, 2.24) is 4.90 Å². The van der Waals surface area contributed by atoms with Crippen LogP contribution in [0.25, 0.3) is 6.08 Å². The van der Waals surface area contributed by atoms with E-state index in [4.69, 9.17) is 26.2 Å². The molecular weight excluding hydrogens is 398 g/mol. The molecule has 144 valence electrons. The van der Waals surface area contributed by atoms with Gasteiger partial charge in [-0.1, -0.05) is 17.7 Å². The van der Waals surface area contributed by atoms with Gasteiger partial charge in [0.15, 0.2) is 6.61 Å². The van der Waals surface area contributed by atoms with Crippen LogP contribution in [0.3, 0.4) is 0 Å². The minimum Gasteiger partial charge on any atom is -0.480 e. The van der Waals surface area contributed by atoms with Gasteiger partial charge in [-0.25, -0.2) is 4.79 Å². The number of carbonyl (C=O) groups is 4. The summed E-state index contributed by atoms with van der Waals surface area (Å²) in [5.74, 6) is -2.23. The van der Waals surface area contributed by atoms with Crippen LogP contribution in [-0.2, 0) is 19.1 Å². The largest absolute Gasteiger partial charge is 0.480 e. The number of halogens is 1. The third-order valence-corrected chi connectivity index (χ3v) is 4.34. The molecule has 1 aromatic rings. The normalized spacial score (nSPS) is 15.6. The first kappa shape index (κ1) is 20.8. The Morgan fingerprint density at radius 1 is 1.33 bits per heavy atom.